The summed E-state index contributed by atoms with van der Waals surface area (Å²) in [5.41, 5.74) is 5.20. The van der Waals surface area contributed by atoms with Crippen molar-refractivity contribution in [2.75, 3.05) is 42.7 Å². The number of rotatable bonds is 6. The van der Waals surface area contributed by atoms with E-state index >= 15 is 0 Å². The van der Waals surface area contributed by atoms with Gasteiger partial charge in [-0.15, -0.1) is 11.3 Å². The summed E-state index contributed by atoms with van der Waals surface area (Å²) in [6.45, 7) is 7.65. The van der Waals surface area contributed by atoms with E-state index in [4.69, 9.17) is 12.2 Å². The van der Waals surface area contributed by atoms with Crippen molar-refractivity contribution in [2.45, 2.75) is 25.7 Å². The van der Waals surface area contributed by atoms with Crippen LogP contribution in [0.25, 0.3) is 5.57 Å². The zero-order valence-corrected chi connectivity index (χ0v) is 22.0. The van der Waals surface area contributed by atoms with Crippen molar-refractivity contribution >= 4 is 57.2 Å². The topological polar surface area (TPSA) is 60.5 Å². The van der Waals surface area contributed by atoms with Crippen molar-refractivity contribution in [3.8, 4) is 0 Å². The highest BCUT2D eigenvalue weighted by Gasteiger charge is 2.25. The molecule has 1 fully saturated rings. The van der Waals surface area contributed by atoms with Gasteiger partial charge in [0.05, 0.1) is 5.01 Å². The number of likely N-dealkylation sites (tertiary alicyclic amines) is 1. The Kier molecular flexibility index (Phi) is 7.83. The Labute approximate surface area is 216 Å². The summed E-state index contributed by atoms with van der Waals surface area (Å²) in [5.74, 6) is 0.145. The fraction of sp³-hybridized carbons (Fsp3) is 0.296. The molecule has 1 aliphatic rings. The largest absolute Gasteiger partial charge is 0.378 e. The smallest absolute Gasteiger partial charge is 0.275 e. The molecule has 1 amide bonds. The highest BCUT2D eigenvalue weighted by molar-refractivity contribution is 7.80. The van der Waals surface area contributed by atoms with Gasteiger partial charge in [0.2, 0.25) is 0 Å². The molecule has 1 aromatic heterocycles. The van der Waals surface area contributed by atoms with Gasteiger partial charge >= 0.3 is 0 Å². The number of hydrogen-bond acceptors (Lipinski definition) is 5. The van der Waals surface area contributed by atoms with Crippen LogP contribution in [0.2, 0.25) is 0 Å². The van der Waals surface area contributed by atoms with Crippen molar-refractivity contribution in [1.29, 1.82) is 0 Å². The molecule has 6 nitrogen and oxygen atoms in total. The molecule has 2 N–H and O–H groups in total. The third-order valence-corrected chi connectivity index (χ3v) is 7.52. The fourth-order valence-corrected chi connectivity index (χ4v) is 5.38. The Morgan fingerprint density at radius 1 is 1.11 bits per heavy atom. The van der Waals surface area contributed by atoms with Crippen LogP contribution >= 0.6 is 23.6 Å². The van der Waals surface area contributed by atoms with Gasteiger partial charge in [-0.25, -0.2) is 4.98 Å². The average molecular weight is 506 g/mol. The van der Waals surface area contributed by atoms with E-state index in [1.807, 2.05) is 62.8 Å². The van der Waals surface area contributed by atoms with Crippen LogP contribution in [0.4, 0.5) is 17.1 Å². The lowest BCUT2D eigenvalue weighted by molar-refractivity contribution is 0.102. The average Bonchev–Trinajstić information content (AvgIpc) is 3.35. The first-order chi connectivity index (χ1) is 16.8. The van der Waals surface area contributed by atoms with Gasteiger partial charge in [0.15, 0.2) is 5.11 Å². The number of carbonyl (C=O) groups excluding carboxylic acids is 1. The molecule has 3 aromatic rings. The van der Waals surface area contributed by atoms with Gasteiger partial charge in [-0.2, -0.15) is 0 Å². The Morgan fingerprint density at radius 2 is 1.80 bits per heavy atom. The molecule has 0 unspecified atom stereocenters. The second-order valence-electron chi connectivity index (χ2n) is 8.98. The molecular formula is C27H31N5OS2. The first kappa shape index (κ1) is 24.9. The Balaban J connectivity index is 1.31. The number of para-hydroxylation sites is 1. The van der Waals surface area contributed by atoms with Gasteiger partial charge < -0.3 is 20.4 Å². The lowest BCUT2D eigenvalue weighted by Crippen LogP contribution is -2.40. The number of benzene rings is 2. The molecule has 182 valence electrons. The van der Waals surface area contributed by atoms with E-state index in [9.17, 15) is 4.79 Å². The van der Waals surface area contributed by atoms with Crippen LogP contribution in [0, 0.1) is 0 Å². The highest BCUT2D eigenvalue weighted by atomic mass is 32.1. The molecule has 0 radical (unpaired) electrons. The van der Waals surface area contributed by atoms with Gasteiger partial charge in [-0.05, 0) is 67.9 Å². The number of thiazole rings is 1. The molecule has 2 aromatic carbocycles. The monoisotopic (exact) mass is 505 g/mol. The maximum atomic E-state index is 12.8. The van der Waals surface area contributed by atoms with Crippen LogP contribution < -0.4 is 15.5 Å². The van der Waals surface area contributed by atoms with Crippen molar-refractivity contribution in [3.05, 3.63) is 76.8 Å². The quantitative estimate of drug-likeness (QED) is 0.397. The maximum absolute atomic E-state index is 12.8. The first-order valence-electron chi connectivity index (χ1n) is 11.7. The lowest BCUT2D eigenvalue weighted by atomic mass is 9.98. The summed E-state index contributed by atoms with van der Waals surface area (Å²) >= 11 is 7.22. The summed E-state index contributed by atoms with van der Waals surface area (Å²) < 4.78 is 0. The number of hydrogen-bond donors (Lipinski definition) is 2. The summed E-state index contributed by atoms with van der Waals surface area (Å²) in [6.07, 6.45) is 1.91. The van der Waals surface area contributed by atoms with Crippen molar-refractivity contribution < 1.29 is 4.79 Å². The summed E-state index contributed by atoms with van der Waals surface area (Å²) in [7, 11) is 4.05. The molecule has 8 heteroatoms. The van der Waals surface area contributed by atoms with Gasteiger partial charge in [0.1, 0.15) is 5.69 Å². The van der Waals surface area contributed by atoms with Crippen LogP contribution in [0.5, 0.6) is 0 Å². The van der Waals surface area contributed by atoms with Crippen molar-refractivity contribution in [3.63, 3.8) is 0 Å². The predicted octanol–water partition coefficient (Wildman–Crippen LogP) is 6.07. The number of thiocarbonyl (C=S) groups is 1. The van der Waals surface area contributed by atoms with Gasteiger partial charge in [0.25, 0.3) is 5.91 Å². The van der Waals surface area contributed by atoms with Crippen LogP contribution in [-0.4, -0.2) is 48.1 Å². The molecule has 0 aliphatic carbocycles. The first-order valence-corrected chi connectivity index (χ1v) is 13.0. The minimum Gasteiger partial charge on any atom is -0.378 e. The molecule has 0 bridgehead atoms. The van der Waals surface area contributed by atoms with E-state index in [0.29, 0.717) is 11.6 Å². The van der Waals surface area contributed by atoms with E-state index < -0.39 is 0 Å². The number of carbonyl (C=O) groups is 1. The van der Waals surface area contributed by atoms with Crippen LogP contribution in [0.15, 0.2) is 60.5 Å². The number of nitrogens with zero attached hydrogens (tertiary/aromatic N) is 3. The third kappa shape index (κ3) is 6.07. The molecule has 0 saturated carbocycles. The number of allylic oxidation sites excluding steroid dienone is 1. The zero-order valence-electron chi connectivity index (χ0n) is 20.4. The van der Waals surface area contributed by atoms with E-state index in [1.54, 1.807) is 11.3 Å². The molecule has 35 heavy (non-hydrogen) atoms. The molecular weight excluding hydrogens is 474 g/mol. The summed E-state index contributed by atoms with van der Waals surface area (Å²) in [5, 5.41) is 9.95. The second-order valence-corrected chi connectivity index (χ2v) is 10.3. The van der Waals surface area contributed by atoms with E-state index in [0.717, 1.165) is 64.2 Å². The van der Waals surface area contributed by atoms with Crippen LogP contribution in [0.1, 0.15) is 46.7 Å². The van der Waals surface area contributed by atoms with Crippen LogP contribution in [-0.2, 0) is 0 Å². The minimum atomic E-state index is -0.190. The molecule has 0 atom stereocenters. The number of anilines is 3. The van der Waals surface area contributed by atoms with Crippen LogP contribution in [0.3, 0.4) is 0 Å². The van der Waals surface area contributed by atoms with Crippen molar-refractivity contribution in [1.82, 2.24) is 9.88 Å². The molecule has 2 heterocycles. The molecule has 1 saturated heterocycles. The SMILES string of the molecule is C=C(C)c1ccccc1NC(=O)c1csc(C2CCN(C(=S)Nc3ccc(N(C)C)cc3)CC2)n1. The molecule has 0 spiro atoms. The van der Waals surface area contributed by atoms with Gasteiger partial charge in [-0.3, -0.25) is 4.79 Å². The van der Waals surface area contributed by atoms with Crippen molar-refractivity contribution in [2.24, 2.45) is 0 Å². The second kappa shape index (κ2) is 11.0. The Hall–Kier alpha value is -3.23. The standard InChI is InChI=1S/C27H31N5OS2/c1-18(2)22-7-5-6-8-23(22)29-25(33)24-17-35-26(30-24)19-13-15-32(16-14-19)27(34)28-20-9-11-21(12-10-20)31(3)4/h5-12,17,19H,1,13-16H2,2-4H3,(H,28,34)(H,29,33). The number of amides is 1. The molecule has 1 aliphatic heterocycles. The zero-order chi connectivity index (χ0) is 24.9. The third-order valence-electron chi connectivity index (χ3n) is 6.16. The summed E-state index contributed by atoms with van der Waals surface area (Å²) in [4.78, 5) is 21.8. The number of piperidine rings is 1. The van der Waals surface area contributed by atoms with Gasteiger partial charge in [-0.1, -0.05) is 24.8 Å². The number of aromatic nitrogens is 1. The maximum Gasteiger partial charge on any atom is 0.275 e. The molecule has 4 rings (SSSR count). The predicted molar refractivity (Wildman–Crippen MR) is 152 cm³/mol. The Bertz CT molecular complexity index is 1210. The normalized spacial score (nSPS) is 13.9. The van der Waals surface area contributed by atoms with Gasteiger partial charge in [0, 0.05) is 61.1 Å². The Morgan fingerprint density at radius 3 is 2.46 bits per heavy atom. The highest BCUT2D eigenvalue weighted by Crippen LogP contribution is 2.31. The minimum absolute atomic E-state index is 0.190. The fourth-order valence-electron chi connectivity index (χ4n) is 4.11. The van der Waals surface area contributed by atoms with E-state index in [2.05, 4.69) is 44.1 Å². The lowest BCUT2D eigenvalue weighted by Gasteiger charge is -2.33. The van der Waals surface area contributed by atoms with E-state index in [1.165, 1.54) is 0 Å². The number of nitrogens with one attached hydrogen (secondary N) is 2. The van der Waals surface area contributed by atoms with E-state index in [-0.39, 0.29) is 5.91 Å². The summed E-state index contributed by atoms with van der Waals surface area (Å²) in [6, 6.07) is 15.9.